The highest BCUT2D eigenvalue weighted by Crippen LogP contribution is 2.65. The van der Waals surface area contributed by atoms with Gasteiger partial charge in [0.1, 0.15) is 11.3 Å². The number of rotatable bonds is 3. The predicted octanol–water partition coefficient (Wildman–Crippen LogP) is 4.73. The second-order valence-electron chi connectivity index (χ2n) is 8.90. The van der Waals surface area contributed by atoms with Gasteiger partial charge in [0.05, 0.1) is 11.1 Å². The molecule has 5 rings (SSSR count). The SMILES string of the molecule is CC(C)(C)OC(=O)NC12CC(n3ccc(-c4ccc(C(F)(F)F)nc4)c3)(C1)C2. The molecule has 150 valence electrons. The Morgan fingerprint density at radius 2 is 1.82 bits per heavy atom. The molecule has 1 N–H and O–H groups in total. The molecule has 0 atom stereocenters. The number of hydrogen-bond donors (Lipinski definition) is 1. The maximum Gasteiger partial charge on any atom is 0.433 e. The number of pyridine rings is 1. The van der Waals surface area contributed by atoms with Gasteiger partial charge in [-0.3, -0.25) is 4.98 Å². The molecule has 2 bridgehead atoms. The summed E-state index contributed by atoms with van der Waals surface area (Å²) < 4.78 is 45.4. The van der Waals surface area contributed by atoms with E-state index in [0.29, 0.717) is 5.56 Å². The number of nitrogens with zero attached hydrogens (tertiary/aromatic N) is 2. The van der Waals surface area contributed by atoms with Gasteiger partial charge in [-0.1, -0.05) is 6.07 Å². The lowest BCUT2D eigenvalue weighted by atomic mass is 9.44. The van der Waals surface area contributed by atoms with Crippen LogP contribution in [0.3, 0.4) is 0 Å². The van der Waals surface area contributed by atoms with Crippen molar-refractivity contribution < 1.29 is 22.7 Å². The Hall–Kier alpha value is -2.51. The molecule has 0 aromatic carbocycles. The van der Waals surface area contributed by atoms with E-state index < -0.39 is 23.6 Å². The Labute approximate surface area is 160 Å². The van der Waals surface area contributed by atoms with Crippen LogP contribution >= 0.6 is 0 Å². The molecule has 0 unspecified atom stereocenters. The molecule has 0 radical (unpaired) electrons. The lowest BCUT2D eigenvalue weighted by Crippen LogP contribution is -2.78. The number of nitrogens with one attached hydrogen (secondary N) is 1. The van der Waals surface area contributed by atoms with Gasteiger partial charge < -0.3 is 14.6 Å². The number of alkyl halides is 3. The van der Waals surface area contributed by atoms with Gasteiger partial charge in [0.2, 0.25) is 0 Å². The zero-order chi connectivity index (χ0) is 20.4. The molecule has 0 spiro atoms. The van der Waals surface area contributed by atoms with Crippen LogP contribution in [-0.2, 0) is 16.5 Å². The number of halogens is 3. The van der Waals surface area contributed by atoms with Crippen LogP contribution < -0.4 is 5.32 Å². The topological polar surface area (TPSA) is 56.1 Å². The molecule has 0 aliphatic heterocycles. The van der Waals surface area contributed by atoms with Crippen molar-refractivity contribution in [3.05, 3.63) is 42.5 Å². The summed E-state index contributed by atoms with van der Waals surface area (Å²) in [5, 5.41) is 2.98. The monoisotopic (exact) mass is 393 g/mol. The van der Waals surface area contributed by atoms with Crippen molar-refractivity contribution in [2.45, 2.75) is 62.9 Å². The third-order valence-corrected chi connectivity index (χ3v) is 5.40. The average Bonchev–Trinajstić information content (AvgIpc) is 2.96. The Morgan fingerprint density at radius 3 is 2.36 bits per heavy atom. The van der Waals surface area contributed by atoms with Crippen LogP contribution in [0, 0.1) is 0 Å². The standard InChI is InChI=1S/C20H22F3N3O2/c1-17(2,3)28-16(27)25-18-10-19(11-18,12-18)26-7-6-14(9-26)13-4-5-15(24-8-13)20(21,22)23/h4-9H,10-12H2,1-3H3,(H,25,27). The van der Waals surface area contributed by atoms with Crippen molar-refractivity contribution in [1.29, 1.82) is 0 Å². The molecule has 1 amide bonds. The first-order chi connectivity index (χ1) is 12.9. The summed E-state index contributed by atoms with van der Waals surface area (Å²) >= 11 is 0. The minimum absolute atomic E-state index is 0.0351. The number of carbonyl (C=O) groups excluding carboxylic acids is 1. The van der Waals surface area contributed by atoms with E-state index in [1.807, 2.05) is 39.2 Å². The van der Waals surface area contributed by atoms with Crippen molar-refractivity contribution in [2.24, 2.45) is 0 Å². The van der Waals surface area contributed by atoms with Crippen LogP contribution in [0.4, 0.5) is 18.0 Å². The molecule has 28 heavy (non-hydrogen) atoms. The van der Waals surface area contributed by atoms with E-state index in [4.69, 9.17) is 4.74 Å². The molecular formula is C20H22F3N3O2. The smallest absolute Gasteiger partial charge is 0.433 e. The van der Waals surface area contributed by atoms with Gasteiger partial charge in [-0.05, 0) is 52.2 Å². The molecule has 2 aromatic heterocycles. The largest absolute Gasteiger partial charge is 0.444 e. The van der Waals surface area contributed by atoms with Gasteiger partial charge in [0, 0.05) is 29.7 Å². The van der Waals surface area contributed by atoms with Crippen molar-refractivity contribution in [3.8, 4) is 11.1 Å². The summed E-state index contributed by atoms with van der Waals surface area (Å²) in [6.45, 7) is 5.48. The second-order valence-corrected chi connectivity index (χ2v) is 8.90. The minimum Gasteiger partial charge on any atom is -0.444 e. The fourth-order valence-electron chi connectivity index (χ4n) is 4.26. The molecule has 2 aromatic rings. The lowest BCUT2D eigenvalue weighted by Gasteiger charge is -2.70. The highest BCUT2D eigenvalue weighted by Gasteiger charge is 2.69. The average molecular weight is 393 g/mol. The highest BCUT2D eigenvalue weighted by molar-refractivity contribution is 5.70. The highest BCUT2D eigenvalue weighted by atomic mass is 19.4. The minimum atomic E-state index is -4.44. The van der Waals surface area contributed by atoms with E-state index >= 15 is 0 Å². The summed E-state index contributed by atoms with van der Waals surface area (Å²) in [4.78, 5) is 15.5. The van der Waals surface area contributed by atoms with Gasteiger partial charge >= 0.3 is 12.3 Å². The van der Waals surface area contributed by atoms with E-state index in [1.165, 1.54) is 12.3 Å². The van der Waals surface area contributed by atoms with Crippen LogP contribution in [0.5, 0.6) is 0 Å². The van der Waals surface area contributed by atoms with E-state index in [1.54, 1.807) is 0 Å². The van der Waals surface area contributed by atoms with Gasteiger partial charge in [0.15, 0.2) is 0 Å². The number of alkyl carbamates (subject to hydrolysis) is 1. The first-order valence-corrected chi connectivity index (χ1v) is 9.13. The van der Waals surface area contributed by atoms with Crippen LogP contribution in [0.15, 0.2) is 36.8 Å². The van der Waals surface area contributed by atoms with Gasteiger partial charge in [-0.15, -0.1) is 0 Å². The Kier molecular flexibility index (Phi) is 3.87. The molecule has 2 heterocycles. The quantitative estimate of drug-likeness (QED) is 0.821. The van der Waals surface area contributed by atoms with E-state index in [-0.39, 0.29) is 11.1 Å². The molecule has 3 saturated carbocycles. The van der Waals surface area contributed by atoms with Crippen molar-refractivity contribution >= 4 is 6.09 Å². The number of ether oxygens (including phenoxy) is 1. The zero-order valence-electron chi connectivity index (χ0n) is 15.9. The zero-order valence-corrected chi connectivity index (χ0v) is 15.9. The molecule has 3 aliphatic rings. The molecule has 0 saturated heterocycles. The van der Waals surface area contributed by atoms with Crippen LogP contribution in [-0.4, -0.2) is 26.8 Å². The Bertz CT molecular complexity index is 890. The maximum absolute atomic E-state index is 12.7. The second kappa shape index (κ2) is 5.75. The Balaban J connectivity index is 1.40. The van der Waals surface area contributed by atoms with Crippen molar-refractivity contribution in [2.75, 3.05) is 0 Å². The fourth-order valence-corrected chi connectivity index (χ4v) is 4.26. The number of amides is 1. The summed E-state index contributed by atoms with van der Waals surface area (Å²) in [5.41, 5.74) is -0.212. The lowest BCUT2D eigenvalue weighted by molar-refractivity contribution is -0.141. The summed E-state index contributed by atoms with van der Waals surface area (Å²) in [7, 11) is 0. The van der Waals surface area contributed by atoms with E-state index in [9.17, 15) is 18.0 Å². The maximum atomic E-state index is 12.7. The number of hydrogen-bond acceptors (Lipinski definition) is 3. The molecule has 5 nitrogen and oxygen atoms in total. The number of carbonyl (C=O) groups is 1. The summed E-state index contributed by atoms with van der Waals surface area (Å²) in [5.74, 6) is 0. The third-order valence-electron chi connectivity index (χ3n) is 5.40. The Morgan fingerprint density at radius 1 is 1.14 bits per heavy atom. The molecule has 3 fully saturated rings. The first-order valence-electron chi connectivity index (χ1n) is 9.13. The summed E-state index contributed by atoms with van der Waals surface area (Å²) in [6.07, 6.45) is 2.73. The molecular weight excluding hydrogens is 371 g/mol. The summed E-state index contributed by atoms with van der Waals surface area (Å²) in [6, 6.07) is 4.30. The van der Waals surface area contributed by atoms with Crippen molar-refractivity contribution in [1.82, 2.24) is 14.9 Å². The molecule has 8 heteroatoms. The van der Waals surface area contributed by atoms with Crippen LogP contribution in [0.1, 0.15) is 45.7 Å². The van der Waals surface area contributed by atoms with E-state index in [2.05, 4.69) is 14.9 Å². The normalized spacial score (nSPS) is 26.2. The van der Waals surface area contributed by atoms with Crippen LogP contribution in [0.25, 0.3) is 11.1 Å². The van der Waals surface area contributed by atoms with E-state index in [0.717, 1.165) is 30.9 Å². The van der Waals surface area contributed by atoms with Gasteiger partial charge in [-0.2, -0.15) is 13.2 Å². The van der Waals surface area contributed by atoms with Crippen LogP contribution in [0.2, 0.25) is 0 Å². The number of aromatic nitrogens is 2. The third kappa shape index (κ3) is 3.25. The first kappa shape index (κ1) is 18.8. The predicted molar refractivity (Wildman–Crippen MR) is 96.6 cm³/mol. The fraction of sp³-hybridized carbons (Fsp3) is 0.500. The van der Waals surface area contributed by atoms with Crippen molar-refractivity contribution in [3.63, 3.8) is 0 Å². The van der Waals surface area contributed by atoms with Gasteiger partial charge in [-0.25, -0.2) is 4.79 Å². The molecule has 3 aliphatic carbocycles. The van der Waals surface area contributed by atoms with Gasteiger partial charge in [0.25, 0.3) is 0 Å².